The lowest BCUT2D eigenvalue weighted by Gasteiger charge is -2.12. The van der Waals surface area contributed by atoms with Gasteiger partial charge in [-0.1, -0.05) is 24.6 Å². The Bertz CT molecular complexity index is 421. The van der Waals surface area contributed by atoms with Crippen LogP contribution < -0.4 is 0 Å². The zero-order chi connectivity index (χ0) is 12.2. The smallest absolute Gasteiger partial charge is 0.260 e. The number of aryl methyl sites for hydroxylation is 1. The Morgan fingerprint density at radius 2 is 1.88 bits per heavy atom. The van der Waals surface area contributed by atoms with Gasteiger partial charge in [-0.05, 0) is 25.5 Å². The molecule has 0 aromatic heterocycles. The monoisotopic (exact) mass is 246 g/mol. The lowest BCUT2D eigenvalue weighted by molar-refractivity contribution is 0.167. The van der Waals surface area contributed by atoms with Crippen LogP contribution in [0.15, 0.2) is 29.2 Å². The summed E-state index contributed by atoms with van der Waals surface area (Å²) < 4.78 is 40.5. The van der Waals surface area contributed by atoms with Crippen molar-refractivity contribution in [1.29, 1.82) is 0 Å². The largest absolute Gasteiger partial charge is 0.297 e. The van der Waals surface area contributed by atoms with Crippen molar-refractivity contribution in [1.82, 2.24) is 0 Å². The lowest BCUT2D eigenvalue weighted by Crippen LogP contribution is -2.19. The zero-order valence-corrected chi connectivity index (χ0v) is 10.1. The second-order valence-corrected chi connectivity index (χ2v) is 5.12. The van der Waals surface area contributed by atoms with Crippen molar-refractivity contribution >= 4 is 10.1 Å². The van der Waals surface area contributed by atoms with Gasteiger partial charge in [-0.2, -0.15) is 8.42 Å². The summed E-state index contributed by atoms with van der Waals surface area (Å²) in [7, 11) is -3.84. The molecule has 0 amide bonds. The van der Waals surface area contributed by atoms with Crippen molar-refractivity contribution in [2.24, 2.45) is 0 Å². The first-order valence-corrected chi connectivity index (χ1v) is 6.46. The number of alkyl halides is 1. The third-order valence-corrected chi connectivity index (χ3v) is 3.57. The Hall–Kier alpha value is -0.940. The number of rotatable bonds is 5. The van der Waals surface area contributed by atoms with Crippen LogP contribution in [0, 0.1) is 6.92 Å². The molecule has 0 spiro atoms. The molecule has 0 radical (unpaired) electrons. The summed E-state index contributed by atoms with van der Waals surface area (Å²) in [6.45, 7) is 2.73. The molecule has 0 bridgehead atoms. The van der Waals surface area contributed by atoms with Crippen molar-refractivity contribution in [2.75, 3.05) is 6.67 Å². The van der Waals surface area contributed by atoms with Crippen molar-refractivity contribution in [3.63, 3.8) is 0 Å². The second-order valence-electron chi connectivity index (χ2n) is 3.55. The van der Waals surface area contributed by atoms with Gasteiger partial charge in [0.2, 0.25) is 0 Å². The van der Waals surface area contributed by atoms with Crippen LogP contribution in [-0.4, -0.2) is 21.2 Å². The second kappa shape index (κ2) is 5.41. The average Bonchev–Trinajstić information content (AvgIpc) is 2.26. The van der Waals surface area contributed by atoms with Gasteiger partial charge in [-0.15, -0.1) is 0 Å². The maximum atomic E-state index is 12.4. The van der Waals surface area contributed by atoms with Gasteiger partial charge in [0.15, 0.2) is 0 Å². The van der Waals surface area contributed by atoms with Crippen LogP contribution >= 0.6 is 0 Å². The van der Waals surface area contributed by atoms with Gasteiger partial charge in [-0.25, -0.2) is 4.39 Å². The summed E-state index contributed by atoms with van der Waals surface area (Å²) in [4.78, 5) is 0.0602. The summed E-state index contributed by atoms with van der Waals surface area (Å²) >= 11 is 0. The molecule has 0 aliphatic carbocycles. The van der Waals surface area contributed by atoms with E-state index in [-0.39, 0.29) is 4.90 Å². The minimum absolute atomic E-state index is 0.0602. The van der Waals surface area contributed by atoms with Crippen molar-refractivity contribution in [3.05, 3.63) is 29.8 Å². The fraction of sp³-hybridized carbons (Fsp3) is 0.455. The fourth-order valence-corrected chi connectivity index (χ4v) is 2.27. The van der Waals surface area contributed by atoms with Crippen LogP contribution in [0.5, 0.6) is 0 Å². The Balaban J connectivity index is 2.89. The van der Waals surface area contributed by atoms with E-state index in [0.29, 0.717) is 6.42 Å². The van der Waals surface area contributed by atoms with E-state index in [1.54, 1.807) is 19.1 Å². The van der Waals surface area contributed by atoms with Crippen LogP contribution in [0.1, 0.15) is 18.9 Å². The molecule has 0 N–H and O–H groups in total. The van der Waals surface area contributed by atoms with Crippen LogP contribution in [0.2, 0.25) is 0 Å². The number of benzene rings is 1. The Labute approximate surface area is 95.4 Å². The van der Waals surface area contributed by atoms with Crippen LogP contribution in [-0.2, 0) is 14.3 Å². The Kier molecular flexibility index (Phi) is 4.44. The predicted molar refractivity (Wildman–Crippen MR) is 59.5 cm³/mol. The van der Waals surface area contributed by atoms with Crippen LogP contribution in [0.4, 0.5) is 4.39 Å². The summed E-state index contributed by atoms with van der Waals surface area (Å²) in [5.74, 6) is 0. The number of hydrogen-bond acceptors (Lipinski definition) is 3. The first-order chi connectivity index (χ1) is 7.49. The first kappa shape index (κ1) is 13.1. The van der Waals surface area contributed by atoms with Gasteiger partial charge in [0.05, 0.1) is 4.90 Å². The van der Waals surface area contributed by atoms with E-state index in [9.17, 15) is 12.8 Å². The molecule has 0 aliphatic rings. The van der Waals surface area contributed by atoms with E-state index in [4.69, 9.17) is 4.18 Å². The molecule has 0 fully saturated rings. The van der Waals surface area contributed by atoms with Crippen LogP contribution in [0.25, 0.3) is 0 Å². The van der Waals surface area contributed by atoms with Crippen LogP contribution in [0.3, 0.4) is 0 Å². The third kappa shape index (κ3) is 3.28. The normalized spacial score (nSPS) is 13.7. The predicted octanol–water partition coefficient (Wildman–Crippen LogP) is 2.45. The van der Waals surface area contributed by atoms with E-state index < -0.39 is 22.9 Å². The molecule has 3 nitrogen and oxygen atoms in total. The van der Waals surface area contributed by atoms with E-state index in [0.717, 1.165) is 5.56 Å². The van der Waals surface area contributed by atoms with Gasteiger partial charge in [-0.3, -0.25) is 4.18 Å². The molecule has 90 valence electrons. The van der Waals surface area contributed by atoms with Gasteiger partial charge < -0.3 is 0 Å². The first-order valence-electron chi connectivity index (χ1n) is 5.05. The van der Waals surface area contributed by atoms with E-state index in [2.05, 4.69) is 0 Å². The van der Waals surface area contributed by atoms with Crippen molar-refractivity contribution in [3.8, 4) is 0 Å². The number of hydrogen-bond donors (Lipinski definition) is 0. The highest BCUT2D eigenvalue weighted by Gasteiger charge is 2.20. The molecule has 1 rings (SSSR count). The molecule has 0 aliphatic heterocycles. The molecular formula is C11H15FO3S. The summed E-state index contributed by atoms with van der Waals surface area (Å²) in [5.41, 5.74) is 0.955. The maximum Gasteiger partial charge on any atom is 0.297 e. The standard InChI is InChI=1S/C11H15FO3S/c1-3-10(8-12)15-16(13,14)11-6-4-9(2)5-7-11/h4-7,10H,3,8H2,1-2H3. The summed E-state index contributed by atoms with van der Waals surface area (Å²) in [6.07, 6.45) is -0.576. The van der Waals surface area contributed by atoms with Gasteiger partial charge >= 0.3 is 0 Å². The van der Waals surface area contributed by atoms with Crippen molar-refractivity contribution in [2.45, 2.75) is 31.3 Å². The summed E-state index contributed by atoms with van der Waals surface area (Å²) in [5, 5.41) is 0. The highest BCUT2D eigenvalue weighted by atomic mass is 32.2. The molecule has 0 saturated heterocycles. The fourth-order valence-electron chi connectivity index (χ4n) is 1.14. The van der Waals surface area contributed by atoms with Gasteiger partial charge in [0.1, 0.15) is 12.8 Å². The quantitative estimate of drug-likeness (QED) is 0.749. The minimum atomic E-state index is -3.84. The molecular weight excluding hydrogens is 231 g/mol. The topological polar surface area (TPSA) is 43.4 Å². The van der Waals surface area contributed by atoms with E-state index >= 15 is 0 Å². The lowest BCUT2D eigenvalue weighted by atomic mass is 10.2. The molecule has 16 heavy (non-hydrogen) atoms. The highest BCUT2D eigenvalue weighted by Crippen LogP contribution is 2.16. The van der Waals surface area contributed by atoms with Crippen molar-refractivity contribution < 1.29 is 17.0 Å². The zero-order valence-electron chi connectivity index (χ0n) is 9.31. The van der Waals surface area contributed by atoms with Gasteiger partial charge in [0, 0.05) is 0 Å². The van der Waals surface area contributed by atoms with Gasteiger partial charge in [0.25, 0.3) is 10.1 Å². The third-order valence-electron chi connectivity index (χ3n) is 2.20. The van der Waals surface area contributed by atoms with E-state index in [1.165, 1.54) is 12.1 Å². The Morgan fingerprint density at radius 3 is 2.31 bits per heavy atom. The average molecular weight is 246 g/mol. The molecule has 1 aromatic rings. The minimum Gasteiger partial charge on any atom is -0.260 e. The molecule has 1 atom stereocenters. The van der Waals surface area contributed by atoms with E-state index in [1.807, 2.05) is 6.92 Å². The SMILES string of the molecule is CCC(CF)OS(=O)(=O)c1ccc(C)cc1. The molecule has 1 unspecified atom stereocenters. The maximum absolute atomic E-state index is 12.4. The summed E-state index contributed by atoms with van der Waals surface area (Å²) in [6, 6.07) is 6.25. The highest BCUT2D eigenvalue weighted by molar-refractivity contribution is 7.86. The molecule has 5 heteroatoms. The molecule has 0 saturated carbocycles. The number of halogens is 1. The molecule has 0 heterocycles. The Morgan fingerprint density at radius 1 is 1.31 bits per heavy atom. The molecule has 1 aromatic carbocycles.